The topological polar surface area (TPSA) is 78.9 Å². The van der Waals surface area contributed by atoms with Crippen molar-refractivity contribution in [3.8, 4) is 0 Å². The maximum Gasteiger partial charge on any atom is 0.306 e. The number of ether oxygens (including phenoxy) is 3. The molecule has 6 nitrogen and oxygen atoms in total. The van der Waals surface area contributed by atoms with Gasteiger partial charge in [0.05, 0.1) is 0 Å². The highest BCUT2D eigenvalue weighted by molar-refractivity contribution is 5.71. The molecule has 0 aliphatic heterocycles. The molecule has 0 aromatic rings. The quantitative estimate of drug-likeness (QED) is 0.0262. The molecule has 0 aliphatic rings. The first-order chi connectivity index (χ1) is 34.0. The van der Waals surface area contributed by atoms with Gasteiger partial charge in [-0.25, -0.2) is 0 Å². The van der Waals surface area contributed by atoms with Crippen LogP contribution in [0.4, 0.5) is 0 Å². The summed E-state index contributed by atoms with van der Waals surface area (Å²) in [7, 11) is 0. The van der Waals surface area contributed by atoms with Gasteiger partial charge in [-0.15, -0.1) is 0 Å². The molecule has 0 aromatic carbocycles. The molecule has 0 rings (SSSR count). The SMILES string of the molecule is CC/C=C\C/C=C\C/C=C\CCCCCCCCCCCC(=O)OCC(COC(=O)CCCCCCCCCCCCCCCCC)OC(=O)CCCCCCCCC/C=C\C/C=C\CCCCC. The number of rotatable bonds is 54. The Kier molecular flexibility index (Phi) is 55.3. The molecule has 0 bridgehead atoms. The highest BCUT2D eigenvalue weighted by Crippen LogP contribution is 2.16. The van der Waals surface area contributed by atoms with Crippen LogP contribution < -0.4 is 0 Å². The van der Waals surface area contributed by atoms with E-state index in [0.29, 0.717) is 19.3 Å². The van der Waals surface area contributed by atoms with Crippen molar-refractivity contribution in [2.75, 3.05) is 13.2 Å². The first-order valence-electron chi connectivity index (χ1n) is 29.8. The van der Waals surface area contributed by atoms with Crippen LogP contribution in [0.25, 0.3) is 0 Å². The van der Waals surface area contributed by atoms with Crippen molar-refractivity contribution in [1.29, 1.82) is 0 Å². The summed E-state index contributed by atoms with van der Waals surface area (Å²) in [5.74, 6) is -0.875. The van der Waals surface area contributed by atoms with Crippen LogP contribution in [0.1, 0.15) is 303 Å². The van der Waals surface area contributed by atoms with Gasteiger partial charge in [0.15, 0.2) is 6.10 Å². The fourth-order valence-corrected chi connectivity index (χ4v) is 8.55. The van der Waals surface area contributed by atoms with Gasteiger partial charge < -0.3 is 14.2 Å². The number of hydrogen-bond donors (Lipinski definition) is 0. The second kappa shape index (κ2) is 57.7. The van der Waals surface area contributed by atoms with Gasteiger partial charge in [0.1, 0.15) is 13.2 Å². The molecule has 0 saturated heterocycles. The predicted molar refractivity (Wildman–Crippen MR) is 298 cm³/mol. The monoisotopic (exact) mass is 965 g/mol. The molecule has 0 fully saturated rings. The lowest BCUT2D eigenvalue weighted by Crippen LogP contribution is -2.30. The minimum absolute atomic E-state index is 0.0761. The molecule has 0 heterocycles. The van der Waals surface area contributed by atoms with Crippen LogP contribution >= 0.6 is 0 Å². The lowest BCUT2D eigenvalue weighted by atomic mass is 10.0. The fraction of sp³-hybridized carbons (Fsp3) is 0.794. The average Bonchev–Trinajstić information content (AvgIpc) is 3.35. The molecule has 0 aromatic heterocycles. The Bertz CT molecular complexity index is 1250. The Morgan fingerprint density at radius 2 is 0.565 bits per heavy atom. The van der Waals surface area contributed by atoms with Gasteiger partial charge in [-0.2, -0.15) is 0 Å². The van der Waals surface area contributed by atoms with Crippen molar-refractivity contribution >= 4 is 17.9 Å². The van der Waals surface area contributed by atoms with Gasteiger partial charge in [-0.3, -0.25) is 14.4 Å². The first-order valence-corrected chi connectivity index (χ1v) is 29.8. The maximum atomic E-state index is 12.9. The second-order valence-electron chi connectivity index (χ2n) is 19.9. The Morgan fingerprint density at radius 1 is 0.304 bits per heavy atom. The van der Waals surface area contributed by atoms with E-state index in [1.165, 1.54) is 173 Å². The van der Waals surface area contributed by atoms with Crippen LogP contribution in [0, 0.1) is 0 Å². The maximum absolute atomic E-state index is 12.9. The molecule has 1 unspecified atom stereocenters. The Hall–Kier alpha value is -2.89. The summed E-state index contributed by atoms with van der Waals surface area (Å²) < 4.78 is 16.9. The van der Waals surface area contributed by atoms with Crippen molar-refractivity contribution in [2.45, 2.75) is 309 Å². The summed E-state index contributed by atoms with van der Waals surface area (Å²) in [6, 6.07) is 0. The van der Waals surface area contributed by atoms with Crippen LogP contribution in [0.15, 0.2) is 60.8 Å². The normalized spacial score (nSPS) is 12.4. The van der Waals surface area contributed by atoms with Gasteiger partial charge in [0.2, 0.25) is 0 Å². The minimum Gasteiger partial charge on any atom is -0.462 e. The van der Waals surface area contributed by atoms with E-state index < -0.39 is 6.10 Å². The number of unbranched alkanes of at least 4 members (excludes halogenated alkanes) is 33. The average molecular weight is 966 g/mol. The van der Waals surface area contributed by atoms with E-state index in [4.69, 9.17) is 14.2 Å². The molecule has 0 saturated carbocycles. The zero-order valence-electron chi connectivity index (χ0n) is 45.8. The summed E-state index contributed by atoms with van der Waals surface area (Å²) >= 11 is 0. The van der Waals surface area contributed by atoms with Crippen LogP contribution in [0.5, 0.6) is 0 Å². The zero-order chi connectivity index (χ0) is 50.0. The number of carbonyl (C=O) groups is 3. The highest BCUT2D eigenvalue weighted by atomic mass is 16.6. The molecule has 0 N–H and O–H groups in total. The van der Waals surface area contributed by atoms with E-state index in [2.05, 4.69) is 81.5 Å². The standard InChI is InChI=1S/C63H112O6/c1-4-7-10-13-16-19-22-25-28-30-31-33-35-38-41-44-47-50-53-56-62(65)68-59-60(58-67-61(64)55-52-49-46-43-40-37-34-27-24-21-18-15-12-9-6-3)69-63(66)57-54-51-48-45-42-39-36-32-29-26-23-20-17-14-11-8-5-2/h7,10,16-17,19-20,25-26,28-29,60H,4-6,8-9,11-15,18,21-24,27,30-59H2,1-3H3/b10-7-,19-16-,20-17-,28-25-,29-26-. The molecule has 0 amide bonds. The van der Waals surface area contributed by atoms with E-state index in [1.54, 1.807) is 0 Å². The van der Waals surface area contributed by atoms with Crippen LogP contribution in [0.2, 0.25) is 0 Å². The van der Waals surface area contributed by atoms with E-state index >= 15 is 0 Å². The minimum atomic E-state index is -0.779. The van der Waals surface area contributed by atoms with Gasteiger partial charge in [0.25, 0.3) is 0 Å². The van der Waals surface area contributed by atoms with Crippen LogP contribution in [-0.2, 0) is 28.6 Å². The molecule has 0 radical (unpaired) electrons. The molecule has 69 heavy (non-hydrogen) atoms. The smallest absolute Gasteiger partial charge is 0.306 e. The third-order valence-corrected chi connectivity index (χ3v) is 13.0. The summed E-state index contributed by atoms with van der Waals surface area (Å²) in [5.41, 5.74) is 0. The van der Waals surface area contributed by atoms with Gasteiger partial charge in [-0.05, 0) is 83.5 Å². The largest absolute Gasteiger partial charge is 0.462 e. The lowest BCUT2D eigenvalue weighted by Gasteiger charge is -2.18. The molecular formula is C63H112O6. The number of allylic oxidation sites excluding steroid dienone is 10. The fourth-order valence-electron chi connectivity index (χ4n) is 8.55. The number of esters is 3. The lowest BCUT2D eigenvalue weighted by molar-refractivity contribution is -0.167. The van der Waals surface area contributed by atoms with Gasteiger partial charge >= 0.3 is 17.9 Å². The second-order valence-corrected chi connectivity index (χ2v) is 19.9. The number of carbonyl (C=O) groups excluding carboxylic acids is 3. The molecule has 0 spiro atoms. The van der Waals surface area contributed by atoms with Crippen molar-refractivity contribution in [2.24, 2.45) is 0 Å². The summed E-state index contributed by atoms with van der Waals surface area (Å²) in [6.07, 6.45) is 72.1. The molecule has 1 atom stereocenters. The summed E-state index contributed by atoms with van der Waals surface area (Å²) in [5, 5.41) is 0. The van der Waals surface area contributed by atoms with Crippen LogP contribution in [-0.4, -0.2) is 37.2 Å². The Balaban J connectivity index is 4.37. The molecule has 6 heteroatoms. The summed E-state index contributed by atoms with van der Waals surface area (Å²) in [6.45, 7) is 6.53. The highest BCUT2D eigenvalue weighted by Gasteiger charge is 2.19. The van der Waals surface area contributed by atoms with Crippen molar-refractivity contribution in [3.63, 3.8) is 0 Å². The van der Waals surface area contributed by atoms with Gasteiger partial charge in [-0.1, -0.05) is 261 Å². The van der Waals surface area contributed by atoms with Crippen molar-refractivity contribution in [3.05, 3.63) is 60.8 Å². The predicted octanol–water partition coefficient (Wildman–Crippen LogP) is 20.0. The summed E-state index contributed by atoms with van der Waals surface area (Å²) in [4.78, 5) is 38.2. The van der Waals surface area contributed by atoms with Crippen molar-refractivity contribution < 1.29 is 28.6 Å². The van der Waals surface area contributed by atoms with E-state index in [0.717, 1.165) is 89.9 Å². The van der Waals surface area contributed by atoms with E-state index in [9.17, 15) is 14.4 Å². The molecular weight excluding hydrogens is 853 g/mol. The Morgan fingerprint density at radius 3 is 0.913 bits per heavy atom. The van der Waals surface area contributed by atoms with E-state index in [-0.39, 0.29) is 31.1 Å². The first kappa shape index (κ1) is 66.1. The third-order valence-electron chi connectivity index (χ3n) is 13.0. The zero-order valence-corrected chi connectivity index (χ0v) is 45.8. The Labute approximate surface area is 428 Å². The molecule has 400 valence electrons. The van der Waals surface area contributed by atoms with Crippen molar-refractivity contribution in [1.82, 2.24) is 0 Å². The molecule has 0 aliphatic carbocycles. The third kappa shape index (κ3) is 55.9. The van der Waals surface area contributed by atoms with E-state index in [1.807, 2.05) is 0 Å². The number of hydrogen-bond acceptors (Lipinski definition) is 6. The van der Waals surface area contributed by atoms with Gasteiger partial charge in [0, 0.05) is 19.3 Å². The van der Waals surface area contributed by atoms with Crippen LogP contribution in [0.3, 0.4) is 0 Å².